The van der Waals surface area contributed by atoms with Crippen molar-refractivity contribution in [2.45, 2.75) is 84.5 Å². The average molecular weight is 261 g/mol. The number of aromatic nitrogens is 1. The van der Waals surface area contributed by atoms with Gasteiger partial charge in [0.2, 0.25) is 0 Å². The van der Waals surface area contributed by atoms with Gasteiger partial charge in [-0.3, -0.25) is 4.98 Å². The molecule has 0 aliphatic rings. The van der Waals surface area contributed by atoms with Gasteiger partial charge in [0.15, 0.2) is 0 Å². The fraction of sp³-hybridized carbons (Fsp3) is 0.722. The molecule has 0 aromatic carbocycles. The molecule has 1 heterocycles. The van der Waals surface area contributed by atoms with Gasteiger partial charge in [-0.1, -0.05) is 65.4 Å². The van der Waals surface area contributed by atoms with Crippen molar-refractivity contribution in [3.05, 3.63) is 29.6 Å². The topological polar surface area (TPSA) is 12.9 Å². The van der Waals surface area contributed by atoms with Crippen LogP contribution in [-0.4, -0.2) is 4.98 Å². The molecule has 0 bridgehead atoms. The van der Waals surface area contributed by atoms with Gasteiger partial charge in [-0.25, -0.2) is 0 Å². The summed E-state index contributed by atoms with van der Waals surface area (Å²) in [5, 5.41) is 0. The lowest BCUT2D eigenvalue weighted by Gasteiger charge is -2.29. The Hall–Kier alpha value is -0.850. The smallest absolute Gasteiger partial charge is 0.0462 e. The highest BCUT2D eigenvalue weighted by Gasteiger charge is 2.26. The second kappa shape index (κ2) is 8.35. The molecular weight excluding hydrogens is 230 g/mol. The number of unbranched alkanes of at least 4 members (excludes halogenated alkanes) is 4. The number of hydrogen-bond acceptors (Lipinski definition) is 1. The van der Waals surface area contributed by atoms with E-state index < -0.39 is 0 Å². The quantitative estimate of drug-likeness (QED) is 0.511. The lowest BCUT2D eigenvalue weighted by molar-refractivity contribution is 0.360. The van der Waals surface area contributed by atoms with Crippen molar-refractivity contribution in [1.29, 1.82) is 0 Å². The number of hydrogen-bond donors (Lipinski definition) is 0. The first-order chi connectivity index (χ1) is 9.12. The highest BCUT2D eigenvalue weighted by Crippen LogP contribution is 2.34. The second-order valence-corrected chi connectivity index (χ2v) is 6.20. The molecular formula is C18H31N. The maximum absolute atomic E-state index is 4.70. The molecule has 1 aromatic heterocycles. The SMILES string of the molecule is CCCCCCC(C)(CCCC)c1ccc(C)cn1. The van der Waals surface area contributed by atoms with Crippen molar-refractivity contribution in [2.75, 3.05) is 0 Å². The summed E-state index contributed by atoms with van der Waals surface area (Å²) in [6.07, 6.45) is 12.5. The van der Waals surface area contributed by atoms with Crippen LogP contribution < -0.4 is 0 Å². The minimum atomic E-state index is 0.275. The third-order valence-electron chi connectivity index (χ3n) is 4.19. The van der Waals surface area contributed by atoms with Gasteiger partial charge in [0, 0.05) is 17.3 Å². The van der Waals surface area contributed by atoms with Gasteiger partial charge in [0.05, 0.1) is 0 Å². The summed E-state index contributed by atoms with van der Waals surface area (Å²) in [6.45, 7) is 9.07. The van der Waals surface area contributed by atoms with Gasteiger partial charge in [-0.05, 0) is 31.4 Å². The van der Waals surface area contributed by atoms with Gasteiger partial charge in [0.25, 0.3) is 0 Å². The number of nitrogens with zero attached hydrogens (tertiary/aromatic N) is 1. The molecule has 0 fully saturated rings. The van der Waals surface area contributed by atoms with Crippen LogP contribution in [-0.2, 0) is 5.41 Å². The molecule has 0 saturated carbocycles. The van der Waals surface area contributed by atoms with Crippen molar-refractivity contribution in [2.24, 2.45) is 0 Å². The summed E-state index contributed by atoms with van der Waals surface area (Å²) < 4.78 is 0. The molecule has 1 atom stereocenters. The van der Waals surface area contributed by atoms with Gasteiger partial charge < -0.3 is 0 Å². The summed E-state index contributed by atoms with van der Waals surface area (Å²) in [4.78, 5) is 4.70. The van der Waals surface area contributed by atoms with Crippen LogP contribution in [0.2, 0.25) is 0 Å². The molecule has 0 saturated heterocycles. The zero-order valence-electron chi connectivity index (χ0n) is 13.3. The van der Waals surface area contributed by atoms with E-state index in [4.69, 9.17) is 4.98 Å². The highest BCUT2D eigenvalue weighted by atomic mass is 14.7. The molecule has 0 aliphatic carbocycles. The first-order valence-electron chi connectivity index (χ1n) is 8.05. The molecule has 1 heteroatoms. The Bertz CT molecular complexity index is 341. The van der Waals surface area contributed by atoms with Crippen LogP contribution >= 0.6 is 0 Å². The van der Waals surface area contributed by atoms with Gasteiger partial charge in [-0.15, -0.1) is 0 Å². The molecule has 1 rings (SSSR count). The molecule has 0 aliphatic heterocycles. The van der Waals surface area contributed by atoms with Crippen LogP contribution in [0.25, 0.3) is 0 Å². The van der Waals surface area contributed by atoms with E-state index >= 15 is 0 Å². The van der Waals surface area contributed by atoms with Gasteiger partial charge >= 0.3 is 0 Å². The Morgan fingerprint density at radius 2 is 1.63 bits per heavy atom. The molecule has 0 radical (unpaired) electrons. The molecule has 0 spiro atoms. The van der Waals surface area contributed by atoms with E-state index in [1.54, 1.807) is 0 Å². The molecule has 0 amide bonds. The molecule has 1 aromatic rings. The first kappa shape index (κ1) is 16.2. The number of pyridine rings is 1. The van der Waals surface area contributed by atoms with Crippen molar-refractivity contribution in [3.63, 3.8) is 0 Å². The van der Waals surface area contributed by atoms with Gasteiger partial charge in [0.1, 0.15) is 0 Å². The van der Waals surface area contributed by atoms with Crippen LogP contribution in [0.5, 0.6) is 0 Å². The monoisotopic (exact) mass is 261 g/mol. The molecule has 19 heavy (non-hydrogen) atoms. The lowest BCUT2D eigenvalue weighted by Crippen LogP contribution is -2.23. The summed E-state index contributed by atoms with van der Waals surface area (Å²) in [7, 11) is 0. The minimum Gasteiger partial charge on any atom is -0.260 e. The van der Waals surface area contributed by atoms with Crippen LogP contribution in [0, 0.1) is 6.92 Å². The minimum absolute atomic E-state index is 0.275. The van der Waals surface area contributed by atoms with Crippen molar-refractivity contribution in [3.8, 4) is 0 Å². The average Bonchev–Trinajstić information content (AvgIpc) is 2.42. The summed E-state index contributed by atoms with van der Waals surface area (Å²) >= 11 is 0. The number of rotatable bonds is 9. The third kappa shape index (κ3) is 5.34. The first-order valence-corrected chi connectivity index (χ1v) is 8.05. The Balaban J connectivity index is 2.70. The predicted octanol–water partition coefficient (Wildman–Crippen LogP) is 5.81. The zero-order chi connectivity index (χ0) is 14.1. The maximum Gasteiger partial charge on any atom is 0.0462 e. The van der Waals surface area contributed by atoms with Crippen LogP contribution in [0.15, 0.2) is 18.3 Å². The molecule has 108 valence electrons. The molecule has 0 N–H and O–H groups in total. The van der Waals surface area contributed by atoms with E-state index in [2.05, 4.69) is 39.8 Å². The Labute approximate surface area is 119 Å². The Kier molecular flexibility index (Phi) is 7.12. The van der Waals surface area contributed by atoms with Crippen molar-refractivity contribution < 1.29 is 0 Å². The van der Waals surface area contributed by atoms with E-state index in [9.17, 15) is 0 Å². The van der Waals surface area contributed by atoms with E-state index in [1.165, 1.54) is 62.6 Å². The number of aryl methyl sites for hydroxylation is 1. The van der Waals surface area contributed by atoms with E-state index in [0.717, 1.165) is 0 Å². The zero-order valence-corrected chi connectivity index (χ0v) is 13.3. The highest BCUT2D eigenvalue weighted by molar-refractivity contribution is 5.19. The summed E-state index contributed by atoms with van der Waals surface area (Å²) in [5.41, 5.74) is 2.83. The normalized spacial score (nSPS) is 14.3. The summed E-state index contributed by atoms with van der Waals surface area (Å²) in [6, 6.07) is 4.45. The van der Waals surface area contributed by atoms with E-state index in [-0.39, 0.29) is 5.41 Å². The van der Waals surface area contributed by atoms with Crippen LogP contribution in [0.4, 0.5) is 0 Å². The largest absolute Gasteiger partial charge is 0.260 e. The summed E-state index contributed by atoms with van der Waals surface area (Å²) in [5.74, 6) is 0. The fourth-order valence-corrected chi connectivity index (χ4v) is 2.71. The Morgan fingerprint density at radius 3 is 2.21 bits per heavy atom. The molecule has 1 nitrogen and oxygen atoms in total. The van der Waals surface area contributed by atoms with Gasteiger partial charge in [-0.2, -0.15) is 0 Å². The standard InChI is InChI=1S/C18H31N/c1-5-7-9-10-14-18(4,13-8-6-2)17-12-11-16(3)15-19-17/h11-12,15H,5-10,13-14H2,1-4H3. The maximum atomic E-state index is 4.70. The van der Waals surface area contributed by atoms with Crippen LogP contribution in [0.1, 0.15) is 83.4 Å². The van der Waals surface area contributed by atoms with E-state index in [1.807, 2.05) is 6.20 Å². The second-order valence-electron chi connectivity index (χ2n) is 6.20. The van der Waals surface area contributed by atoms with Crippen molar-refractivity contribution >= 4 is 0 Å². The van der Waals surface area contributed by atoms with E-state index in [0.29, 0.717) is 0 Å². The predicted molar refractivity (Wildman–Crippen MR) is 84.6 cm³/mol. The Morgan fingerprint density at radius 1 is 0.947 bits per heavy atom. The fourth-order valence-electron chi connectivity index (χ4n) is 2.71. The molecule has 1 unspecified atom stereocenters. The third-order valence-corrected chi connectivity index (χ3v) is 4.19. The lowest BCUT2D eigenvalue weighted by atomic mass is 9.77. The van der Waals surface area contributed by atoms with Crippen LogP contribution in [0.3, 0.4) is 0 Å². The van der Waals surface area contributed by atoms with Crippen molar-refractivity contribution in [1.82, 2.24) is 4.98 Å².